The summed E-state index contributed by atoms with van der Waals surface area (Å²) in [7, 11) is 3.43. The number of nitrogens with one attached hydrogen (secondary N) is 2. The SMILES string of the molecule is CCOc1cc(NC(=NC)NCC2CCN(Cc3nc(C)c(C)o3)CC2)ccc1OC.I. The summed E-state index contributed by atoms with van der Waals surface area (Å²) < 4.78 is 16.7. The highest BCUT2D eigenvalue weighted by Gasteiger charge is 2.21. The Kier molecular flexibility index (Phi) is 10.6. The van der Waals surface area contributed by atoms with Crippen molar-refractivity contribution >= 4 is 35.6 Å². The highest BCUT2D eigenvalue weighted by molar-refractivity contribution is 14.0. The summed E-state index contributed by atoms with van der Waals surface area (Å²) in [5.41, 5.74) is 1.89. The lowest BCUT2D eigenvalue weighted by molar-refractivity contribution is 0.164. The van der Waals surface area contributed by atoms with E-state index in [4.69, 9.17) is 13.9 Å². The van der Waals surface area contributed by atoms with Gasteiger partial charge in [0.25, 0.3) is 0 Å². The lowest BCUT2D eigenvalue weighted by Gasteiger charge is -2.31. The van der Waals surface area contributed by atoms with Crippen LogP contribution in [0, 0.1) is 19.8 Å². The number of likely N-dealkylation sites (tertiary alicyclic amines) is 1. The molecule has 0 aliphatic carbocycles. The molecule has 0 amide bonds. The summed E-state index contributed by atoms with van der Waals surface area (Å²) in [6.45, 7) is 10.3. The number of hydrogen-bond acceptors (Lipinski definition) is 6. The van der Waals surface area contributed by atoms with Gasteiger partial charge in [-0.1, -0.05) is 0 Å². The van der Waals surface area contributed by atoms with Gasteiger partial charge in [-0.3, -0.25) is 9.89 Å². The predicted molar refractivity (Wildman–Crippen MR) is 139 cm³/mol. The first kappa shape index (κ1) is 26.2. The molecule has 0 radical (unpaired) electrons. The lowest BCUT2D eigenvalue weighted by atomic mass is 9.97. The molecule has 32 heavy (non-hydrogen) atoms. The van der Waals surface area contributed by atoms with Gasteiger partial charge in [0.15, 0.2) is 17.5 Å². The van der Waals surface area contributed by atoms with Crippen molar-refractivity contribution in [2.45, 2.75) is 40.2 Å². The van der Waals surface area contributed by atoms with E-state index in [9.17, 15) is 0 Å². The molecule has 0 unspecified atom stereocenters. The maximum Gasteiger partial charge on any atom is 0.208 e. The Morgan fingerprint density at radius 1 is 1.25 bits per heavy atom. The monoisotopic (exact) mass is 557 g/mol. The topological polar surface area (TPSA) is 84.2 Å². The molecule has 1 aromatic heterocycles. The van der Waals surface area contributed by atoms with Gasteiger partial charge in [-0.25, -0.2) is 4.98 Å². The van der Waals surface area contributed by atoms with E-state index in [2.05, 4.69) is 25.5 Å². The van der Waals surface area contributed by atoms with E-state index in [1.165, 1.54) is 0 Å². The molecule has 0 spiro atoms. The minimum atomic E-state index is 0. The third-order valence-electron chi connectivity index (χ3n) is 5.65. The van der Waals surface area contributed by atoms with E-state index < -0.39 is 0 Å². The van der Waals surface area contributed by atoms with Crippen LogP contribution >= 0.6 is 24.0 Å². The number of piperidine rings is 1. The van der Waals surface area contributed by atoms with Crippen molar-refractivity contribution in [1.29, 1.82) is 0 Å². The van der Waals surface area contributed by atoms with Gasteiger partial charge < -0.3 is 24.5 Å². The molecule has 2 N–H and O–H groups in total. The number of aryl methyl sites for hydroxylation is 2. The third-order valence-corrected chi connectivity index (χ3v) is 5.65. The molecule has 0 saturated carbocycles. The van der Waals surface area contributed by atoms with E-state index in [1.807, 2.05) is 39.0 Å². The van der Waals surface area contributed by atoms with Crippen LogP contribution in [0.5, 0.6) is 11.5 Å². The van der Waals surface area contributed by atoms with Crippen LogP contribution in [-0.2, 0) is 6.54 Å². The Morgan fingerprint density at radius 3 is 2.59 bits per heavy atom. The fourth-order valence-electron chi connectivity index (χ4n) is 3.73. The second-order valence-corrected chi connectivity index (χ2v) is 7.85. The Balaban J connectivity index is 0.00000363. The molecule has 1 aliphatic heterocycles. The number of anilines is 1. The van der Waals surface area contributed by atoms with Crippen molar-refractivity contribution in [3.63, 3.8) is 0 Å². The number of aromatic nitrogens is 1. The molecule has 1 fully saturated rings. The summed E-state index contributed by atoms with van der Waals surface area (Å²) in [5, 5.41) is 6.80. The maximum atomic E-state index is 5.73. The van der Waals surface area contributed by atoms with Crippen LogP contribution < -0.4 is 20.1 Å². The molecule has 1 aromatic carbocycles. The molecule has 1 saturated heterocycles. The second-order valence-electron chi connectivity index (χ2n) is 7.85. The molecular weight excluding hydrogens is 521 g/mol. The van der Waals surface area contributed by atoms with Crippen molar-refractivity contribution in [2.75, 3.05) is 45.7 Å². The van der Waals surface area contributed by atoms with Crippen molar-refractivity contribution in [2.24, 2.45) is 10.9 Å². The summed E-state index contributed by atoms with van der Waals surface area (Å²) in [6.07, 6.45) is 2.28. The molecule has 1 aliphatic rings. The van der Waals surface area contributed by atoms with Gasteiger partial charge in [0.1, 0.15) is 5.76 Å². The van der Waals surface area contributed by atoms with E-state index in [-0.39, 0.29) is 24.0 Å². The Hall–Kier alpha value is -2.01. The van der Waals surface area contributed by atoms with Crippen LogP contribution in [0.15, 0.2) is 27.6 Å². The first-order valence-electron chi connectivity index (χ1n) is 11.0. The average molecular weight is 557 g/mol. The number of rotatable bonds is 8. The number of halogens is 1. The number of guanidine groups is 1. The number of oxazole rings is 1. The number of hydrogen-bond donors (Lipinski definition) is 2. The third kappa shape index (κ3) is 7.26. The minimum absolute atomic E-state index is 0. The normalized spacial score (nSPS) is 15.2. The lowest BCUT2D eigenvalue weighted by Crippen LogP contribution is -2.40. The molecular formula is C23H36IN5O3. The van der Waals surface area contributed by atoms with Gasteiger partial charge in [0.2, 0.25) is 5.89 Å². The molecule has 8 nitrogen and oxygen atoms in total. The molecule has 2 aromatic rings. The Bertz CT molecular complexity index is 859. The van der Waals surface area contributed by atoms with E-state index >= 15 is 0 Å². The number of nitrogens with zero attached hydrogens (tertiary/aromatic N) is 3. The van der Waals surface area contributed by atoms with Gasteiger partial charge in [-0.05, 0) is 64.8 Å². The van der Waals surface area contributed by atoms with Crippen LogP contribution in [0.2, 0.25) is 0 Å². The maximum absolute atomic E-state index is 5.73. The number of ether oxygens (including phenoxy) is 2. The average Bonchev–Trinajstić information content (AvgIpc) is 3.09. The molecule has 3 rings (SSSR count). The zero-order valence-corrected chi connectivity index (χ0v) is 22.1. The second kappa shape index (κ2) is 12.9. The van der Waals surface area contributed by atoms with Crippen LogP contribution in [0.3, 0.4) is 0 Å². The minimum Gasteiger partial charge on any atom is -0.493 e. The van der Waals surface area contributed by atoms with Crippen molar-refractivity contribution in [3.05, 3.63) is 35.5 Å². The first-order chi connectivity index (χ1) is 15.0. The quantitative estimate of drug-likeness (QED) is 0.286. The van der Waals surface area contributed by atoms with Crippen molar-refractivity contribution < 1.29 is 13.9 Å². The Morgan fingerprint density at radius 2 is 2.00 bits per heavy atom. The highest BCUT2D eigenvalue weighted by Crippen LogP contribution is 2.30. The molecule has 2 heterocycles. The van der Waals surface area contributed by atoms with Gasteiger partial charge >= 0.3 is 0 Å². The summed E-state index contributed by atoms with van der Waals surface area (Å²) in [5.74, 6) is 4.53. The van der Waals surface area contributed by atoms with Crippen molar-refractivity contribution in [1.82, 2.24) is 15.2 Å². The van der Waals surface area contributed by atoms with Gasteiger partial charge in [0, 0.05) is 25.3 Å². The zero-order chi connectivity index (χ0) is 22.2. The number of benzene rings is 1. The standard InChI is InChI=1S/C23H35N5O3.HI/c1-6-30-21-13-19(7-8-20(21)29-5)27-23(24-4)25-14-18-9-11-28(12-10-18)15-22-26-16(2)17(3)31-22;/h7-8,13,18H,6,9-12,14-15H2,1-5H3,(H2,24,25,27);1H. The van der Waals surface area contributed by atoms with Gasteiger partial charge in [-0.2, -0.15) is 0 Å². The molecule has 0 atom stereocenters. The van der Waals surface area contributed by atoms with E-state index in [1.54, 1.807) is 14.2 Å². The largest absolute Gasteiger partial charge is 0.493 e. The van der Waals surface area contributed by atoms with Crippen LogP contribution in [0.25, 0.3) is 0 Å². The summed E-state index contributed by atoms with van der Waals surface area (Å²) in [4.78, 5) is 11.3. The van der Waals surface area contributed by atoms with Gasteiger partial charge in [0.05, 0.1) is 26.0 Å². The first-order valence-corrected chi connectivity index (χ1v) is 11.0. The Labute approximate surface area is 208 Å². The fourth-order valence-corrected chi connectivity index (χ4v) is 3.73. The van der Waals surface area contributed by atoms with Crippen LogP contribution in [0.4, 0.5) is 5.69 Å². The zero-order valence-electron chi connectivity index (χ0n) is 19.7. The summed E-state index contributed by atoms with van der Waals surface area (Å²) >= 11 is 0. The van der Waals surface area contributed by atoms with Crippen molar-refractivity contribution in [3.8, 4) is 11.5 Å². The predicted octanol–water partition coefficient (Wildman–Crippen LogP) is 4.22. The number of aliphatic imine (C=N–C) groups is 1. The van der Waals surface area contributed by atoms with Gasteiger partial charge in [-0.15, -0.1) is 24.0 Å². The fraction of sp³-hybridized carbons (Fsp3) is 0.565. The van der Waals surface area contributed by atoms with Crippen LogP contribution in [-0.4, -0.2) is 56.2 Å². The molecule has 178 valence electrons. The van der Waals surface area contributed by atoms with Crippen LogP contribution in [0.1, 0.15) is 37.1 Å². The smallest absolute Gasteiger partial charge is 0.208 e. The van der Waals surface area contributed by atoms with E-state index in [0.29, 0.717) is 18.3 Å². The molecule has 0 bridgehead atoms. The number of methoxy groups -OCH3 is 1. The van der Waals surface area contributed by atoms with E-state index in [0.717, 1.165) is 73.8 Å². The molecule has 9 heteroatoms. The summed E-state index contributed by atoms with van der Waals surface area (Å²) in [6, 6.07) is 5.78. The highest BCUT2D eigenvalue weighted by atomic mass is 127.